The number of allylic oxidation sites excluding steroid dienone is 4. The monoisotopic (exact) mass is 398 g/mol. The van der Waals surface area contributed by atoms with E-state index in [2.05, 4.69) is 61.5 Å². The smallest absolute Gasteiger partial charge is 0.200 e. The van der Waals surface area contributed by atoms with E-state index in [4.69, 9.17) is 4.42 Å². The molecular weight excluding hydrogens is 356 g/mol. The third kappa shape index (κ3) is 5.74. The van der Waals surface area contributed by atoms with E-state index in [0.29, 0.717) is 17.1 Å². The topological polar surface area (TPSA) is 30.2 Å². The molecule has 0 saturated heterocycles. The fraction of sp³-hybridized carbons (Fsp3) is 0.667. The Kier molecular flexibility index (Phi) is 7.08. The Morgan fingerprint density at radius 2 is 1.72 bits per heavy atom. The van der Waals surface area contributed by atoms with Crippen LogP contribution in [0.15, 0.2) is 27.7 Å². The summed E-state index contributed by atoms with van der Waals surface area (Å²) in [6.45, 7) is 21.8. The van der Waals surface area contributed by atoms with Gasteiger partial charge in [-0.15, -0.1) is 0 Å². The van der Waals surface area contributed by atoms with Crippen LogP contribution in [0.5, 0.6) is 0 Å². The van der Waals surface area contributed by atoms with Gasteiger partial charge in [0.1, 0.15) is 5.76 Å². The molecule has 1 fully saturated rings. The Bertz CT molecular complexity index is 792. The molecule has 0 bridgehead atoms. The number of rotatable bonds is 5. The van der Waals surface area contributed by atoms with E-state index >= 15 is 0 Å². The number of ketones is 1. The molecule has 1 aliphatic carbocycles. The van der Waals surface area contributed by atoms with Crippen LogP contribution >= 0.6 is 0 Å². The molecule has 0 amide bonds. The molecule has 29 heavy (non-hydrogen) atoms. The highest BCUT2D eigenvalue weighted by molar-refractivity contribution is 5.95. The van der Waals surface area contributed by atoms with Gasteiger partial charge < -0.3 is 4.42 Å². The maximum Gasteiger partial charge on any atom is 0.200 e. The summed E-state index contributed by atoms with van der Waals surface area (Å²) in [6, 6.07) is 1.92. The molecule has 162 valence electrons. The van der Waals surface area contributed by atoms with E-state index in [1.54, 1.807) is 0 Å². The number of carbonyl (C=O) groups is 1. The quantitative estimate of drug-likeness (QED) is 0.368. The van der Waals surface area contributed by atoms with Crippen LogP contribution in [0.25, 0.3) is 5.57 Å². The summed E-state index contributed by atoms with van der Waals surface area (Å²) in [5.41, 5.74) is 5.47. The van der Waals surface area contributed by atoms with Gasteiger partial charge in [0.2, 0.25) is 5.78 Å². The minimum Gasteiger partial charge on any atom is -0.453 e. The number of aryl methyl sites for hydroxylation is 1. The first kappa shape index (κ1) is 23.7. The molecule has 0 aromatic carbocycles. The van der Waals surface area contributed by atoms with Gasteiger partial charge in [-0.3, -0.25) is 4.79 Å². The Morgan fingerprint density at radius 1 is 1.17 bits per heavy atom. The van der Waals surface area contributed by atoms with Crippen LogP contribution in [0.2, 0.25) is 0 Å². The number of furan rings is 1. The van der Waals surface area contributed by atoms with E-state index in [1.165, 1.54) is 42.4 Å². The molecule has 1 aliphatic rings. The van der Waals surface area contributed by atoms with E-state index < -0.39 is 0 Å². The molecular formula is C27H42O2. The first-order valence-corrected chi connectivity index (χ1v) is 11.3. The van der Waals surface area contributed by atoms with E-state index in [9.17, 15) is 4.79 Å². The Labute approximate surface area is 178 Å². The van der Waals surface area contributed by atoms with Crippen molar-refractivity contribution < 1.29 is 9.21 Å². The molecule has 0 unspecified atom stereocenters. The maximum absolute atomic E-state index is 12.5. The van der Waals surface area contributed by atoms with Crippen LogP contribution in [-0.4, -0.2) is 5.78 Å². The zero-order chi connectivity index (χ0) is 22.1. The predicted molar refractivity (Wildman–Crippen MR) is 124 cm³/mol. The fourth-order valence-electron chi connectivity index (χ4n) is 4.31. The fourth-order valence-corrected chi connectivity index (χ4v) is 4.31. The summed E-state index contributed by atoms with van der Waals surface area (Å²) in [7, 11) is 0. The molecule has 1 saturated carbocycles. The summed E-state index contributed by atoms with van der Waals surface area (Å²) in [5.74, 6) is 1.98. The van der Waals surface area contributed by atoms with Crippen LogP contribution in [0, 0.1) is 29.6 Å². The number of Topliss-reactive ketones (excluding diaryl/α,β-unsaturated/α-hetero) is 1. The third-order valence-electron chi connectivity index (χ3n) is 6.39. The van der Waals surface area contributed by atoms with Gasteiger partial charge in [-0.25, -0.2) is 0 Å². The minimum atomic E-state index is -0.0740. The predicted octanol–water partition coefficient (Wildman–Crippen LogP) is 8.41. The molecule has 2 rings (SSSR count). The molecule has 1 aromatic heterocycles. The van der Waals surface area contributed by atoms with Crippen molar-refractivity contribution in [3.05, 3.63) is 40.4 Å². The third-order valence-corrected chi connectivity index (χ3v) is 6.39. The van der Waals surface area contributed by atoms with E-state index in [0.717, 1.165) is 11.3 Å². The van der Waals surface area contributed by atoms with Crippen molar-refractivity contribution in [1.29, 1.82) is 0 Å². The Balaban J connectivity index is 2.51. The second-order valence-electron chi connectivity index (χ2n) is 11.3. The summed E-state index contributed by atoms with van der Waals surface area (Å²) in [6.07, 6.45) is 7.43. The van der Waals surface area contributed by atoms with Crippen LogP contribution < -0.4 is 0 Å². The number of hydrogen-bond donors (Lipinski definition) is 0. The van der Waals surface area contributed by atoms with Crippen molar-refractivity contribution in [2.24, 2.45) is 22.7 Å². The molecule has 2 nitrogen and oxygen atoms in total. The maximum atomic E-state index is 12.5. The van der Waals surface area contributed by atoms with Gasteiger partial charge in [0.15, 0.2) is 5.76 Å². The molecule has 1 heterocycles. The SMILES string of the molecule is CC(C)=C(/C=C(\c1oc(C(=O)C(C)C)cc1C)C(C)(C)C)C1CCC(C)(C)CC1. The number of hydrogen-bond acceptors (Lipinski definition) is 2. The largest absolute Gasteiger partial charge is 0.453 e. The van der Waals surface area contributed by atoms with Gasteiger partial charge in [0.05, 0.1) is 0 Å². The molecule has 1 aromatic rings. The molecule has 0 N–H and O–H groups in total. The lowest BCUT2D eigenvalue weighted by Gasteiger charge is -2.36. The number of carbonyl (C=O) groups excluding carboxylic acids is 1. The molecule has 2 heteroatoms. The molecule has 0 atom stereocenters. The lowest BCUT2D eigenvalue weighted by atomic mass is 9.69. The summed E-state index contributed by atoms with van der Waals surface area (Å²) < 4.78 is 6.19. The molecule has 0 aliphatic heterocycles. The lowest BCUT2D eigenvalue weighted by molar-refractivity contribution is 0.0910. The van der Waals surface area contributed by atoms with E-state index in [-0.39, 0.29) is 17.1 Å². The Morgan fingerprint density at radius 3 is 2.17 bits per heavy atom. The van der Waals surface area contributed by atoms with Gasteiger partial charge in [0, 0.05) is 11.5 Å². The van der Waals surface area contributed by atoms with Crippen molar-refractivity contribution in [1.82, 2.24) is 0 Å². The van der Waals surface area contributed by atoms with Crippen LogP contribution in [-0.2, 0) is 0 Å². The van der Waals surface area contributed by atoms with E-state index in [1.807, 2.05) is 19.9 Å². The average molecular weight is 399 g/mol. The van der Waals surface area contributed by atoms with Crippen LogP contribution in [0.1, 0.15) is 110 Å². The van der Waals surface area contributed by atoms with Gasteiger partial charge >= 0.3 is 0 Å². The van der Waals surface area contributed by atoms with Gasteiger partial charge in [-0.05, 0) is 80.4 Å². The Hall–Kier alpha value is -1.57. The van der Waals surface area contributed by atoms with Gasteiger partial charge in [-0.2, -0.15) is 0 Å². The zero-order valence-corrected chi connectivity index (χ0v) is 20.5. The van der Waals surface area contributed by atoms with Crippen LogP contribution in [0.3, 0.4) is 0 Å². The standard InChI is InChI=1S/C27H42O2/c1-17(2)21(20-11-13-27(9,10)14-12-20)16-22(26(6,7)8)25-19(5)15-23(29-25)24(28)18(3)4/h15-16,18,20H,11-14H2,1-10H3/b22-16+. The highest BCUT2D eigenvalue weighted by Crippen LogP contribution is 2.44. The van der Waals surface area contributed by atoms with Crippen molar-refractivity contribution in [2.75, 3.05) is 0 Å². The van der Waals surface area contributed by atoms with Crippen molar-refractivity contribution >= 4 is 11.4 Å². The highest BCUT2D eigenvalue weighted by atomic mass is 16.3. The molecule has 0 spiro atoms. The first-order valence-electron chi connectivity index (χ1n) is 11.3. The zero-order valence-electron chi connectivity index (χ0n) is 20.5. The second-order valence-corrected chi connectivity index (χ2v) is 11.3. The van der Waals surface area contributed by atoms with Crippen molar-refractivity contribution in [2.45, 2.75) is 94.9 Å². The average Bonchev–Trinajstić information content (AvgIpc) is 2.95. The van der Waals surface area contributed by atoms with Crippen molar-refractivity contribution in [3.8, 4) is 0 Å². The normalized spacial score (nSPS) is 18.2. The molecule has 0 radical (unpaired) electrons. The highest BCUT2D eigenvalue weighted by Gasteiger charge is 2.31. The lowest BCUT2D eigenvalue weighted by Crippen LogP contribution is -2.22. The van der Waals surface area contributed by atoms with Crippen molar-refractivity contribution in [3.63, 3.8) is 0 Å². The van der Waals surface area contributed by atoms with Gasteiger partial charge in [0.25, 0.3) is 0 Å². The second kappa shape index (κ2) is 8.66. The van der Waals surface area contributed by atoms with Gasteiger partial charge in [-0.1, -0.05) is 60.1 Å². The summed E-state index contributed by atoms with van der Waals surface area (Å²) in [4.78, 5) is 12.5. The summed E-state index contributed by atoms with van der Waals surface area (Å²) in [5, 5.41) is 0. The summed E-state index contributed by atoms with van der Waals surface area (Å²) >= 11 is 0. The van der Waals surface area contributed by atoms with Crippen LogP contribution in [0.4, 0.5) is 0 Å². The first-order chi connectivity index (χ1) is 13.2. The minimum absolute atomic E-state index is 0.0607.